The van der Waals surface area contributed by atoms with Crippen molar-refractivity contribution in [2.45, 2.75) is 55.0 Å². The highest BCUT2D eigenvalue weighted by Crippen LogP contribution is 2.41. The van der Waals surface area contributed by atoms with Crippen LogP contribution in [-0.2, 0) is 26.0 Å². The van der Waals surface area contributed by atoms with Gasteiger partial charge in [0.2, 0.25) is 21.8 Å². The van der Waals surface area contributed by atoms with Gasteiger partial charge in [-0.25, -0.2) is 8.42 Å². The molecule has 2 aromatic carbocycles. The number of sulfonamides is 1. The Morgan fingerprint density at radius 3 is 2.32 bits per heavy atom. The van der Waals surface area contributed by atoms with E-state index in [9.17, 15) is 18.0 Å². The molecule has 2 saturated heterocycles. The first-order chi connectivity index (χ1) is 18.1. The summed E-state index contributed by atoms with van der Waals surface area (Å²) in [5.74, 6) is -0.425. The van der Waals surface area contributed by atoms with Gasteiger partial charge in [-0.1, -0.05) is 46.9 Å². The van der Waals surface area contributed by atoms with E-state index in [0.717, 1.165) is 18.4 Å². The Bertz CT molecular complexity index is 1450. The Hall–Kier alpha value is -2.30. The van der Waals surface area contributed by atoms with Crippen molar-refractivity contribution < 1.29 is 18.0 Å². The lowest BCUT2D eigenvalue weighted by molar-refractivity contribution is -0.172. The normalized spacial score (nSPS) is 26.0. The fourth-order valence-corrected chi connectivity index (χ4v) is 8.27. The van der Waals surface area contributed by atoms with Crippen molar-refractivity contribution >= 4 is 56.6 Å². The molecule has 0 radical (unpaired) electrons. The van der Waals surface area contributed by atoms with Crippen LogP contribution in [0.25, 0.3) is 0 Å². The second-order valence-electron chi connectivity index (χ2n) is 10.0. The van der Waals surface area contributed by atoms with E-state index in [0.29, 0.717) is 16.6 Å². The molecule has 1 aliphatic carbocycles. The highest BCUT2D eigenvalue weighted by Gasteiger charge is 2.57. The average molecular weight is 596 g/mol. The Morgan fingerprint density at radius 2 is 1.68 bits per heavy atom. The fourth-order valence-electron chi connectivity index (χ4n) is 5.58. The topological polar surface area (TPSA) is 81.2 Å². The van der Waals surface area contributed by atoms with Crippen LogP contribution in [0.5, 0.6) is 0 Å². The number of rotatable bonds is 6. The summed E-state index contributed by atoms with van der Waals surface area (Å²) in [4.78, 5) is 32.5. The van der Waals surface area contributed by atoms with E-state index in [4.69, 9.17) is 34.8 Å². The van der Waals surface area contributed by atoms with E-state index in [1.54, 1.807) is 29.3 Å². The van der Waals surface area contributed by atoms with Crippen molar-refractivity contribution in [2.75, 3.05) is 13.1 Å². The summed E-state index contributed by atoms with van der Waals surface area (Å²) in [6.07, 6.45) is 3.90. The van der Waals surface area contributed by atoms with Crippen molar-refractivity contribution in [3.63, 3.8) is 0 Å². The Morgan fingerprint density at radius 1 is 0.947 bits per heavy atom. The highest BCUT2D eigenvalue weighted by atomic mass is 35.5. The van der Waals surface area contributed by atoms with Gasteiger partial charge in [0.25, 0.3) is 0 Å². The Balaban J connectivity index is 1.46. The Labute approximate surface area is 236 Å². The van der Waals surface area contributed by atoms with Gasteiger partial charge in [0, 0.05) is 29.1 Å². The van der Waals surface area contributed by atoms with Gasteiger partial charge in [-0.15, -0.1) is 0 Å². The van der Waals surface area contributed by atoms with Gasteiger partial charge >= 0.3 is 0 Å². The zero-order valence-electron chi connectivity index (χ0n) is 20.2. The number of piperazine rings is 1. The molecule has 0 bridgehead atoms. The second kappa shape index (κ2) is 9.71. The molecule has 6 rings (SSSR count). The number of amides is 2. The molecule has 8 nitrogen and oxygen atoms in total. The molecule has 0 aromatic heterocycles. The summed E-state index contributed by atoms with van der Waals surface area (Å²) in [5.41, 5.74) is 0.794. The number of fused-ring (bicyclic) bond motifs is 1. The van der Waals surface area contributed by atoms with Crippen LogP contribution in [0.2, 0.25) is 15.1 Å². The minimum absolute atomic E-state index is 0.000244. The van der Waals surface area contributed by atoms with Crippen molar-refractivity contribution in [3.8, 4) is 0 Å². The van der Waals surface area contributed by atoms with Gasteiger partial charge in [-0.05, 0) is 61.0 Å². The maximum absolute atomic E-state index is 14.3. The molecule has 1 saturated carbocycles. The first-order valence-corrected chi connectivity index (χ1v) is 15.0. The van der Waals surface area contributed by atoms with Crippen LogP contribution in [0.1, 0.15) is 24.8 Å². The third kappa shape index (κ3) is 4.48. The minimum Gasteiger partial charge on any atom is -0.357 e. The summed E-state index contributed by atoms with van der Waals surface area (Å²) in [5, 5.41) is 0.842. The van der Waals surface area contributed by atoms with Gasteiger partial charge in [-0.2, -0.15) is 4.31 Å². The summed E-state index contributed by atoms with van der Waals surface area (Å²) >= 11 is 18.7. The number of benzene rings is 2. The maximum Gasteiger partial charge on any atom is 0.248 e. The number of nitrogens with zero attached hydrogens (tertiary/aromatic N) is 4. The third-order valence-corrected chi connectivity index (χ3v) is 10.4. The van der Waals surface area contributed by atoms with E-state index >= 15 is 0 Å². The van der Waals surface area contributed by atoms with Crippen LogP contribution in [-0.4, -0.2) is 76.7 Å². The Kier molecular flexibility index (Phi) is 6.63. The summed E-state index contributed by atoms with van der Waals surface area (Å²) < 4.78 is 30.0. The first kappa shape index (κ1) is 26.0. The van der Waals surface area contributed by atoms with E-state index in [1.807, 2.05) is 17.0 Å². The lowest BCUT2D eigenvalue weighted by Crippen LogP contribution is -2.75. The van der Waals surface area contributed by atoms with Gasteiger partial charge in [0.1, 0.15) is 23.3 Å². The quantitative estimate of drug-likeness (QED) is 0.505. The molecule has 38 heavy (non-hydrogen) atoms. The molecule has 2 amide bonds. The van der Waals surface area contributed by atoms with E-state index < -0.39 is 28.4 Å². The molecule has 3 fully saturated rings. The molecule has 2 aromatic rings. The zero-order chi connectivity index (χ0) is 26.8. The molecule has 3 aliphatic heterocycles. The number of carbonyl (C=O) groups is 2. The van der Waals surface area contributed by atoms with Crippen LogP contribution in [0.15, 0.2) is 59.6 Å². The average Bonchev–Trinajstić information content (AvgIpc) is 3.64. The number of hydrogen-bond acceptors (Lipinski definition) is 5. The smallest absolute Gasteiger partial charge is 0.248 e. The SMILES string of the molecule is O=C1C(Cc2cccc(Cl)c2)N2C(=O)CC(N3C=CC3)N(S(=O)(=O)c3ccc(Cl)cc3Cl)C2CN1C1CC1. The third-order valence-electron chi connectivity index (χ3n) is 7.57. The van der Waals surface area contributed by atoms with Gasteiger partial charge in [-0.3, -0.25) is 9.59 Å². The van der Waals surface area contributed by atoms with Crippen molar-refractivity contribution in [2.24, 2.45) is 0 Å². The van der Waals surface area contributed by atoms with E-state index in [-0.39, 0.29) is 47.2 Å². The molecule has 3 atom stereocenters. The molecule has 4 aliphatic rings. The van der Waals surface area contributed by atoms with Gasteiger partial charge in [0.05, 0.1) is 18.0 Å². The molecule has 12 heteroatoms. The van der Waals surface area contributed by atoms with E-state index in [1.165, 1.54) is 27.4 Å². The standard InChI is InChI=1S/C26H25Cl3N4O4S/c27-17-4-1-3-16(11-17)12-21-26(35)31(19-6-7-19)15-24-32(21)25(34)14-23(30-9-2-10-30)33(24)38(36,37)22-8-5-18(28)13-20(22)29/h1-5,8-9,11,13,19,21,23-24H,6-7,10,12,14-15H2. The lowest BCUT2D eigenvalue weighted by atomic mass is 9.97. The molecular weight excluding hydrogens is 571 g/mol. The van der Waals surface area contributed by atoms with E-state index in [2.05, 4.69) is 0 Å². The summed E-state index contributed by atoms with van der Waals surface area (Å²) in [6, 6.07) is 10.6. The molecule has 200 valence electrons. The highest BCUT2D eigenvalue weighted by molar-refractivity contribution is 7.89. The predicted octanol–water partition coefficient (Wildman–Crippen LogP) is 3.97. The van der Waals surface area contributed by atoms with Crippen LogP contribution in [0.4, 0.5) is 0 Å². The molecule has 3 heterocycles. The molecular formula is C26H25Cl3N4O4S. The second-order valence-corrected chi connectivity index (χ2v) is 13.1. The monoisotopic (exact) mass is 594 g/mol. The van der Waals surface area contributed by atoms with Crippen LogP contribution < -0.4 is 0 Å². The minimum atomic E-state index is -4.21. The largest absolute Gasteiger partial charge is 0.357 e. The molecule has 3 unspecified atom stereocenters. The lowest BCUT2D eigenvalue weighted by Gasteiger charge is -2.56. The van der Waals surface area contributed by atoms with Crippen LogP contribution in [0, 0.1) is 0 Å². The maximum atomic E-state index is 14.3. The number of carbonyl (C=O) groups excluding carboxylic acids is 2. The number of hydrogen-bond donors (Lipinski definition) is 0. The molecule has 0 spiro atoms. The van der Waals surface area contributed by atoms with Crippen LogP contribution in [0.3, 0.4) is 0 Å². The van der Waals surface area contributed by atoms with Gasteiger partial charge < -0.3 is 14.7 Å². The predicted molar refractivity (Wildman–Crippen MR) is 144 cm³/mol. The zero-order valence-corrected chi connectivity index (χ0v) is 23.3. The van der Waals surface area contributed by atoms with Crippen LogP contribution >= 0.6 is 34.8 Å². The summed E-state index contributed by atoms with van der Waals surface area (Å²) in [6.45, 7) is 0.613. The molecule has 0 N–H and O–H groups in total. The fraction of sp³-hybridized carbons (Fsp3) is 0.385. The number of halogens is 3. The van der Waals surface area contributed by atoms with Crippen molar-refractivity contribution in [1.29, 1.82) is 0 Å². The van der Waals surface area contributed by atoms with Crippen molar-refractivity contribution in [1.82, 2.24) is 19.0 Å². The van der Waals surface area contributed by atoms with Crippen molar-refractivity contribution in [3.05, 3.63) is 75.4 Å². The van der Waals surface area contributed by atoms with Gasteiger partial charge in [0.15, 0.2) is 0 Å². The summed E-state index contributed by atoms with van der Waals surface area (Å²) in [7, 11) is -4.21. The first-order valence-electron chi connectivity index (χ1n) is 12.4.